The Hall–Kier alpha value is -3.01. The third kappa shape index (κ3) is 4.68. The van der Waals surface area contributed by atoms with E-state index in [4.69, 9.17) is 0 Å². The molecule has 1 atom stereocenters. The van der Waals surface area contributed by atoms with Gasteiger partial charge in [0.1, 0.15) is 5.69 Å². The minimum Gasteiger partial charge on any atom is -0.316 e. The number of ketones is 1. The number of hydrogen-bond donors (Lipinski definition) is 1. The van der Waals surface area contributed by atoms with Gasteiger partial charge in [-0.2, -0.15) is 0 Å². The zero-order valence-electron chi connectivity index (χ0n) is 18.0. The van der Waals surface area contributed by atoms with Gasteiger partial charge in [0.05, 0.1) is 7.05 Å². The molecule has 0 saturated carbocycles. The molecule has 3 heteroatoms. The molecule has 1 aromatic heterocycles. The molecule has 0 bridgehead atoms. The molecule has 0 amide bonds. The van der Waals surface area contributed by atoms with Gasteiger partial charge in [0.2, 0.25) is 0 Å². The molecular formula is C28H28NOS+. The van der Waals surface area contributed by atoms with Crippen LogP contribution in [-0.4, -0.2) is 12.8 Å². The molecule has 0 aliphatic rings. The van der Waals surface area contributed by atoms with Gasteiger partial charge >= 0.3 is 0 Å². The number of rotatable bonds is 8. The summed E-state index contributed by atoms with van der Waals surface area (Å²) in [5, 5.41) is 6.69. The van der Waals surface area contributed by atoms with Crippen molar-refractivity contribution in [1.82, 2.24) is 0 Å². The molecule has 4 aromatic rings. The number of thiophene rings is 1. The van der Waals surface area contributed by atoms with E-state index in [-0.39, 0.29) is 11.2 Å². The maximum absolute atomic E-state index is 13.3. The third-order valence-electron chi connectivity index (χ3n) is 5.92. The zero-order valence-corrected chi connectivity index (χ0v) is 18.9. The van der Waals surface area contributed by atoms with E-state index in [1.807, 2.05) is 30.3 Å². The second kappa shape index (κ2) is 9.42. The minimum atomic E-state index is -0.330. The van der Waals surface area contributed by atoms with Gasteiger partial charge in [-0.25, -0.2) is 0 Å². The summed E-state index contributed by atoms with van der Waals surface area (Å²) in [7, 11) is 2.08. The number of fused-ring (bicyclic) bond motifs is 1. The van der Waals surface area contributed by atoms with Crippen LogP contribution < -0.4 is 5.32 Å². The summed E-state index contributed by atoms with van der Waals surface area (Å²) in [5.74, 6) is 0.183. The molecule has 1 unspecified atom stereocenters. The first-order chi connectivity index (χ1) is 15.1. The molecule has 0 radical (unpaired) electrons. The van der Waals surface area contributed by atoms with E-state index < -0.39 is 0 Å². The van der Waals surface area contributed by atoms with Crippen LogP contribution in [-0.2, 0) is 5.41 Å². The molecule has 31 heavy (non-hydrogen) atoms. The Morgan fingerprint density at radius 2 is 1.74 bits per heavy atom. The van der Waals surface area contributed by atoms with Gasteiger partial charge in [-0.1, -0.05) is 73.7 Å². The molecule has 1 heterocycles. The predicted octanol–water partition coefficient (Wildman–Crippen LogP) is 6.36. The number of carbonyl (C=O) groups is 1. The van der Waals surface area contributed by atoms with Crippen molar-refractivity contribution in [3.63, 3.8) is 0 Å². The van der Waals surface area contributed by atoms with E-state index in [2.05, 4.69) is 85.4 Å². The SMILES string of the molecule is C[NH2+]c1ccc2ccccc2c1C(C)(C/C=C/c1cccs1)CC(=O)c1ccccc1. The number of carbonyl (C=O) groups excluding carboxylic acids is 1. The lowest BCUT2D eigenvalue weighted by Crippen LogP contribution is -2.73. The lowest BCUT2D eigenvalue weighted by atomic mass is 9.72. The van der Waals surface area contributed by atoms with Gasteiger partial charge < -0.3 is 5.32 Å². The van der Waals surface area contributed by atoms with Crippen molar-refractivity contribution in [3.8, 4) is 0 Å². The van der Waals surface area contributed by atoms with E-state index >= 15 is 0 Å². The van der Waals surface area contributed by atoms with Gasteiger partial charge in [0.25, 0.3) is 0 Å². The number of nitrogens with two attached hydrogens (primary N) is 1. The van der Waals surface area contributed by atoms with Crippen LogP contribution >= 0.6 is 11.3 Å². The van der Waals surface area contributed by atoms with Gasteiger partial charge in [-0.3, -0.25) is 4.79 Å². The fraction of sp³-hybridized carbons (Fsp3) is 0.179. The molecule has 0 saturated heterocycles. The number of quaternary nitrogens is 1. The quantitative estimate of drug-likeness (QED) is 0.258. The molecule has 156 valence electrons. The Morgan fingerprint density at radius 3 is 2.48 bits per heavy atom. The molecule has 0 fully saturated rings. The first-order valence-electron chi connectivity index (χ1n) is 10.7. The standard InChI is InChI=1S/C28H27NOS/c1-28(18-8-13-23-14-9-19-31-23,20-26(30)22-11-4-3-5-12-22)27-24-15-7-6-10-21(24)16-17-25(27)29-2/h3-17,19,29H,18,20H2,1-2H3/p+1/b13-8+. The Morgan fingerprint density at radius 1 is 0.968 bits per heavy atom. The Balaban J connectivity index is 1.80. The number of allylic oxidation sites excluding steroid dienone is 1. The van der Waals surface area contributed by atoms with Crippen LogP contribution in [0.15, 0.2) is 90.3 Å². The predicted molar refractivity (Wildman–Crippen MR) is 132 cm³/mol. The lowest BCUT2D eigenvalue weighted by Gasteiger charge is -2.30. The van der Waals surface area contributed by atoms with Crippen LogP contribution in [0, 0.1) is 0 Å². The van der Waals surface area contributed by atoms with E-state index in [0.29, 0.717) is 6.42 Å². The first-order valence-corrected chi connectivity index (χ1v) is 11.6. The summed E-state index contributed by atoms with van der Waals surface area (Å²) in [6.45, 7) is 2.24. The van der Waals surface area contributed by atoms with Crippen molar-refractivity contribution in [2.75, 3.05) is 7.05 Å². The van der Waals surface area contributed by atoms with Crippen LogP contribution in [0.3, 0.4) is 0 Å². The maximum atomic E-state index is 13.3. The molecule has 0 aliphatic carbocycles. The summed E-state index contributed by atoms with van der Waals surface area (Å²) in [6, 6.07) is 26.7. The zero-order chi connectivity index (χ0) is 21.7. The van der Waals surface area contributed by atoms with Crippen molar-refractivity contribution in [1.29, 1.82) is 0 Å². The van der Waals surface area contributed by atoms with Crippen LogP contribution in [0.5, 0.6) is 0 Å². The van der Waals surface area contributed by atoms with E-state index in [0.717, 1.165) is 12.0 Å². The van der Waals surface area contributed by atoms with Gasteiger partial charge in [0, 0.05) is 27.8 Å². The van der Waals surface area contributed by atoms with Gasteiger partial charge in [-0.15, -0.1) is 11.3 Å². The molecule has 2 nitrogen and oxygen atoms in total. The number of hydrogen-bond acceptors (Lipinski definition) is 2. The Kier molecular flexibility index (Phi) is 6.45. The van der Waals surface area contributed by atoms with E-state index in [1.165, 1.54) is 26.9 Å². The fourth-order valence-corrected chi connectivity index (χ4v) is 5.01. The van der Waals surface area contributed by atoms with Crippen LogP contribution in [0.1, 0.15) is 40.6 Å². The number of benzene rings is 3. The summed E-state index contributed by atoms with van der Waals surface area (Å²) in [4.78, 5) is 14.6. The summed E-state index contributed by atoms with van der Waals surface area (Å²) >= 11 is 1.73. The molecule has 0 aliphatic heterocycles. The average molecular weight is 427 g/mol. The van der Waals surface area contributed by atoms with Crippen molar-refractivity contribution in [2.45, 2.75) is 25.2 Å². The molecule has 3 aromatic carbocycles. The minimum absolute atomic E-state index is 0.183. The van der Waals surface area contributed by atoms with Crippen LogP contribution in [0.4, 0.5) is 5.69 Å². The van der Waals surface area contributed by atoms with Crippen molar-refractivity contribution < 1.29 is 10.1 Å². The topological polar surface area (TPSA) is 33.7 Å². The molecule has 0 spiro atoms. The Labute approximate surface area is 188 Å². The Bertz CT molecular complexity index is 1190. The summed E-state index contributed by atoms with van der Waals surface area (Å²) in [6.07, 6.45) is 5.65. The second-order valence-electron chi connectivity index (χ2n) is 8.19. The largest absolute Gasteiger partial charge is 0.316 e. The van der Waals surface area contributed by atoms with Crippen molar-refractivity contribution in [3.05, 3.63) is 106 Å². The maximum Gasteiger partial charge on any atom is 0.163 e. The van der Waals surface area contributed by atoms with E-state index in [9.17, 15) is 4.79 Å². The van der Waals surface area contributed by atoms with E-state index in [1.54, 1.807) is 11.3 Å². The van der Waals surface area contributed by atoms with Crippen LogP contribution in [0.2, 0.25) is 0 Å². The highest BCUT2D eigenvalue weighted by Gasteiger charge is 2.34. The lowest BCUT2D eigenvalue weighted by molar-refractivity contribution is -0.540. The highest BCUT2D eigenvalue weighted by Crippen LogP contribution is 2.41. The third-order valence-corrected chi connectivity index (χ3v) is 6.75. The van der Waals surface area contributed by atoms with Crippen molar-refractivity contribution in [2.24, 2.45) is 0 Å². The van der Waals surface area contributed by atoms with Crippen LogP contribution in [0.25, 0.3) is 16.8 Å². The van der Waals surface area contributed by atoms with Gasteiger partial charge in [0.15, 0.2) is 5.78 Å². The van der Waals surface area contributed by atoms with Gasteiger partial charge in [-0.05, 0) is 46.8 Å². The molecular weight excluding hydrogens is 398 g/mol. The monoisotopic (exact) mass is 426 g/mol. The highest BCUT2D eigenvalue weighted by molar-refractivity contribution is 7.10. The highest BCUT2D eigenvalue weighted by atomic mass is 32.1. The summed E-state index contributed by atoms with van der Waals surface area (Å²) in [5.41, 5.74) is 2.90. The fourth-order valence-electron chi connectivity index (χ4n) is 4.37. The second-order valence-corrected chi connectivity index (χ2v) is 9.17. The van der Waals surface area contributed by atoms with Crippen molar-refractivity contribution >= 4 is 39.7 Å². The molecule has 2 N–H and O–H groups in total. The summed E-state index contributed by atoms with van der Waals surface area (Å²) < 4.78 is 0. The molecule has 4 rings (SSSR count). The average Bonchev–Trinajstić information content (AvgIpc) is 3.32. The first kappa shape index (κ1) is 21.2. The number of Topliss-reactive ketones (excluding diaryl/α,β-unsaturated/α-hetero) is 1. The normalized spacial score (nSPS) is 13.5. The smallest absolute Gasteiger partial charge is 0.163 e.